The van der Waals surface area contributed by atoms with E-state index in [1.54, 1.807) is 11.9 Å². The maximum Gasteiger partial charge on any atom is 0.326 e. The van der Waals surface area contributed by atoms with E-state index >= 15 is 0 Å². The van der Waals surface area contributed by atoms with Gasteiger partial charge in [-0.2, -0.15) is 0 Å². The molecule has 0 saturated carbocycles. The molecule has 1 rings (SSSR count). The summed E-state index contributed by atoms with van der Waals surface area (Å²) in [5, 5.41) is 9.07. The molecular formula is C9H13NO3. The van der Waals surface area contributed by atoms with Crippen LogP contribution in [0.3, 0.4) is 0 Å². The first-order valence-corrected chi connectivity index (χ1v) is 4.09. The molecule has 1 heterocycles. The van der Waals surface area contributed by atoms with Crippen LogP contribution in [0.15, 0.2) is 0 Å². The fraction of sp³-hybridized carbons (Fsp3) is 0.667. The predicted molar refractivity (Wildman–Crippen MR) is 47.3 cm³/mol. The summed E-state index contributed by atoms with van der Waals surface area (Å²) >= 11 is 0. The summed E-state index contributed by atoms with van der Waals surface area (Å²) in [6.07, 6.45) is 5.63. The fourth-order valence-electron chi connectivity index (χ4n) is 1.48. The standard InChI is InChI=1S/C9H13NO3/c1-3-5-10(2)9(8(11)12)4-6-13-7-9/h1H,4-7H2,2H3,(H,11,12). The first kappa shape index (κ1) is 10.0. The second-order valence-corrected chi connectivity index (χ2v) is 3.20. The summed E-state index contributed by atoms with van der Waals surface area (Å²) in [4.78, 5) is 12.7. The molecule has 72 valence electrons. The third-order valence-corrected chi connectivity index (χ3v) is 2.46. The Morgan fingerprint density at radius 3 is 2.92 bits per heavy atom. The number of nitrogens with zero attached hydrogens (tertiary/aromatic N) is 1. The number of rotatable bonds is 3. The van der Waals surface area contributed by atoms with Crippen molar-refractivity contribution in [2.24, 2.45) is 0 Å². The fourth-order valence-corrected chi connectivity index (χ4v) is 1.48. The van der Waals surface area contributed by atoms with E-state index < -0.39 is 11.5 Å². The van der Waals surface area contributed by atoms with Crippen molar-refractivity contribution in [2.45, 2.75) is 12.0 Å². The lowest BCUT2D eigenvalue weighted by molar-refractivity contribution is -0.150. The van der Waals surface area contributed by atoms with Gasteiger partial charge in [0.2, 0.25) is 0 Å². The molecule has 1 fully saturated rings. The highest BCUT2D eigenvalue weighted by molar-refractivity contribution is 5.79. The number of terminal acetylenes is 1. The molecule has 0 aromatic carbocycles. The van der Waals surface area contributed by atoms with Crippen LogP contribution in [0.4, 0.5) is 0 Å². The summed E-state index contributed by atoms with van der Waals surface area (Å²) in [7, 11) is 1.71. The van der Waals surface area contributed by atoms with Gasteiger partial charge in [-0.25, -0.2) is 0 Å². The van der Waals surface area contributed by atoms with Crippen molar-refractivity contribution in [3.63, 3.8) is 0 Å². The molecule has 0 aromatic rings. The lowest BCUT2D eigenvalue weighted by Crippen LogP contribution is -2.53. The molecule has 1 aliphatic rings. The molecular weight excluding hydrogens is 170 g/mol. The molecule has 1 N–H and O–H groups in total. The van der Waals surface area contributed by atoms with Gasteiger partial charge < -0.3 is 9.84 Å². The molecule has 1 atom stereocenters. The normalized spacial score (nSPS) is 27.5. The van der Waals surface area contributed by atoms with Gasteiger partial charge in [0.15, 0.2) is 0 Å². The SMILES string of the molecule is C#CCN(C)C1(C(=O)O)CCOC1. The molecule has 0 amide bonds. The topological polar surface area (TPSA) is 49.8 Å². The van der Waals surface area contributed by atoms with Gasteiger partial charge in [0.05, 0.1) is 13.2 Å². The lowest BCUT2D eigenvalue weighted by Gasteiger charge is -2.31. The number of hydrogen-bond acceptors (Lipinski definition) is 3. The summed E-state index contributed by atoms with van der Waals surface area (Å²) in [6.45, 7) is 1.04. The van der Waals surface area contributed by atoms with Crippen molar-refractivity contribution < 1.29 is 14.6 Å². The second-order valence-electron chi connectivity index (χ2n) is 3.20. The first-order chi connectivity index (χ1) is 6.13. The minimum absolute atomic E-state index is 0.223. The highest BCUT2D eigenvalue weighted by atomic mass is 16.5. The second kappa shape index (κ2) is 3.77. The van der Waals surface area contributed by atoms with E-state index in [0.29, 0.717) is 19.6 Å². The van der Waals surface area contributed by atoms with Crippen LogP contribution in [0.5, 0.6) is 0 Å². The van der Waals surface area contributed by atoms with E-state index in [0.717, 1.165) is 0 Å². The van der Waals surface area contributed by atoms with Gasteiger partial charge in [-0.05, 0) is 7.05 Å². The zero-order valence-corrected chi connectivity index (χ0v) is 7.62. The Balaban J connectivity index is 2.79. The summed E-state index contributed by atoms with van der Waals surface area (Å²) < 4.78 is 5.10. The van der Waals surface area contributed by atoms with Crippen LogP contribution in [0.25, 0.3) is 0 Å². The monoisotopic (exact) mass is 183 g/mol. The first-order valence-electron chi connectivity index (χ1n) is 4.09. The molecule has 1 aliphatic heterocycles. The Labute approximate surface area is 77.5 Å². The minimum atomic E-state index is -0.910. The zero-order chi connectivity index (χ0) is 9.90. The highest BCUT2D eigenvalue weighted by Crippen LogP contribution is 2.24. The largest absolute Gasteiger partial charge is 0.480 e. The van der Waals surface area contributed by atoms with Gasteiger partial charge in [0.25, 0.3) is 0 Å². The van der Waals surface area contributed by atoms with Gasteiger partial charge in [0, 0.05) is 13.0 Å². The third kappa shape index (κ3) is 1.67. The maximum atomic E-state index is 11.0. The molecule has 13 heavy (non-hydrogen) atoms. The molecule has 0 bridgehead atoms. The van der Waals surface area contributed by atoms with Gasteiger partial charge >= 0.3 is 5.97 Å². The molecule has 1 saturated heterocycles. The van der Waals surface area contributed by atoms with Gasteiger partial charge in [-0.3, -0.25) is 9.69 Å². The van der Waals surface area contributed by atoms with Crippen LogP contribution < -0.4 is 0 Å². The molecule has 0 radical (unpaired) electrons. The van der Waals surface area contributed by atoms with E-state index in [1.807, 2.05) is 0 Å². The zero-order valence-electron chi connectivity index (χ0n) is 7.62. The number of carboxylic acids is 1. The number of hydrogen-bond donors (Lipinski definition) is 1. The molecule has 1 unspecified atom stereocenters. The molecule has 0 spiro atoms. The molecule has 4 heteroatoms. The van der Waals surface area contributed by atoms with Crippen LogP contribution in [-0.4, -0.2) is 48.3 Å². The smallest absolute Gasteiger partial charge is 0.326 e. The Morgan fingerprint density at radius 2 is 2.54 bits per heavy atom. The van der Waals surface area contributed by atoms with E-state index in [-0.39, 0.29) is 6.61 Å². The molecule has 0 aliphatic carbocycles. The Morgan fingerprint density at radius 1 is 1.85 bits per heavy atom. The van der Waals surface area contributed by atoms with E-state index in [1.165, 1.54) is 0 Å². The summed E-state index contributed by atoms with van der Waals surface area (Å²) in [6, 6.07) is 0. The number of carboxylic acid groups (broad SMARTS) is 1. The van der Waals surface area contributed by atoms with Gasteiger partial charge in [0.1, 0.15) is 5.54 Å². The lowest BCUT2D eigenvalue weighted by atomic mass is 9.97. The average molecular weight is 183 g/mol. The van der Waals surface area contributed by atoms with E-state index in [4.69, 9.17) is 16.3 Å². The van der Waals surface area contributed by atoms with Crippen molar-refractivity contribution in [3.8, 4) is 12.3 Å². The highest BCUT2D eigenvalue weighted by Gasteiger charge is 2.45. The Bertz CT molecular complexity index is 238. The van der Waals surface area contributed by atoms with E-state index in [2.05, 4.69) is 5.92 Å². The number of aliphatic carboxylic acids is 1. The number of likely N-dealkylation sites (N-methyl/N-ethyl adjacent to an activating group) is 1. The van der Waals surface area contributed by atoms with Crippen molar-refractivity contribution >= 4 is 5.97 Å². The van der Waals surface area contributed by atoms with Crippen LogP contribution >= 0.6 is 0 Å². The Kier molecular flexibility index (Phi) is 2.91. The van der Waals surface area contributed by atoms with Crippen molar-refractivity contribution in [3.05, 3.63) is 0 Å². The van der Waals surface area contributed by atoms with E-state index in [9.17, 15) is 4.79 Å². The molecule has 0 aromatic heterocycles. The summed E-state index contributed by atoms with van der Waals surface area (Å²) in [5.74, 6) is 1.57. The van der Waals surface area contributed by atoms with Crippen LogP contribution in [0.1, 0.15) is 6.42 Å². The molecule has 4 nitrogen and oxygen atoms in total. The van der Waals surface area contributed by atoms with Crippen LogP contribution in [0.2, 0.25) is 0 Å². The van der Waals surface area contributed by atoms with Gasteiger partial charge in [-0.15, -0.1) is 6.42 Å². The summed E-state index contributed by atoms with van der Waals surface area (Å²) in [5.41, 5.74) is -0.910. The number of carbonyl (C=O) groups is 1. The average Bonchev–Trinajstić information content (AvgIpc) is 2.53. The van der Waals surface area contributed by atoms with Crippen molar-refractivity contribution in [1.29, 1.82) is 0 Å². The predicted octanol–water partition coefficient (Wildman–Crippen LogP) is -0.205. The van der Waals surface area contributed by atoms with Crippen molar-refractivity contribution in [1.82, 2.24) is 4.90 Å². The maximum absolute atomic E-state index is 11.0. The quantitative estimate of drug-likeness (QED) is 0.615. The number of ether oxygens (including phenoxy) is 1. The van der Waals surface area contributed by atoms with Crippen LogP contribution in [-0.2, 0) is 9.53 Å². The van der Waals surface area contributed by atoms with Gasteiger partial charge in [-0.1, -0.05) is 5.92 Å². The third-order valence-electron chi connectivity index (χ3n) is 2.46. The minimum Gasteiger partial charge on any atom is -0.480 e. The van der Waals surface area contributed by atoms with Crippen molar-refractivity contribution in [2.75, 3.05) is 26.8 Å². The Hall–Kier alpha value is -1.05. The van der Waals surface area contributed by atoms with Crippen LogP contribution in [0, 0.1) is 12.3 Å².